The summed E-state index contributed by atoms with van der Waals surface area (Å²) in [6, 6.07) is 2.56. The summed E-state index contributed by atoms with van der Waals surface area (Å²) in [7, 11) is 1.78. The van der Waals surface area contributed by atoms with Crippen LogP contribution in [0.4, 0.5) is 5.69 Å². The van der Waals surface area contributed by atoms with E-state index >= 15 is 0 Å². The van der Waals surface area contributed by atoms with Gasteiger partial charge in [-0.1, -0.05) is 13.8 Å². The van der Waals surface area contributed by atoms with E-state index in [1.165, 1.54) is 24.8 Å². The zero-order valence-electron chi connectivity index (χ0n) is 20.4. The molecule has 3 aliphatic rings. The van der Waals surface area contributed by atoms with Gasteiger partial charge in [0.2, 0.25) is 12.3 Å². The average molecular weight is 469 g/mol. The van der Waals surface area contributed by atoms with Crippen LogP contribution in [0.25, 0.3) is 0 Å². The predicted molar refractivity (Wildman–Crippen MR) is 128 cm³/mol. The molecule has 2 N–H and O–H groups in total. The predicted octanol–water partition coefficient (Wildman–Crippen LogP) is 2.86. The van der Waals surface area contributed by atoms with Crippen molar-refractivity contribution in [1.29, 1.82) is 0 Å². The third kappa shape index (κ3) is 5.10. The van der Waals surface area contributed by atoms with Gasteiger partial charge in [0, 0.05) is 45.0 Å². The Hall–Kier alpha value is -2.52. The van der Waals surface area contributed by atoms with E-state index in [1.807, 2.05) is 6.20 Å². The first-order valence-electron chi connectivity index (χ1n) is 12.6. The molecule has 0 aromatic carbocycles. The van der Waals surface area contributed by atoms with Crippen LogP contribution in [-0.2, 0) is 4.74 Å². The number of nitrogens with one attached hydrogen (secondary N) is 2. The molecule has 1 aliphatic heterocycles. The van der Waals surface area contributed by atoms with Crippen LogP contribution in [0.2, 0.25) is 0 Å². The third-order valence-electron chi connectivity index (χ3n) is 7.28. The molecule has 1 amide bonds. The smallest absolute Gasteiger partial charge is 0.272 e. The first kappa shape index (κ1) is 23.2. The van der Waals surface area contributed by atoms with Gasteiger partial charge >= 0.3 is 0 Å². The zero-order valence-corrected chi connectivity index (χ0v) is 20.4. The molecule has 1 saturated heterocycles. The second-order valence-corrected chi connectivity index (χ2v) is 10.5. The maximum Gasteiger partial charge on any atom is 0.272 e. The van der Waals surface area contributed by atoms with Crippen LogP contribution in [0, 0.1) is 5.92 Å². The summed E-state index contributed by atoms with van der Waals surface area (Å²) in [6.07, 6.45) is 8.69. The number of nitrogens with zero attached hydrogens (tertiary/aromatic N) is 4. The van der Waals surface area contributed by atoms with Crippen LogP contribution >= 0.6 is 0 Å². The minimum Gasteiger partial charge on any atom is -0.428 e. The Balaban J connectivity index is 1.37. The monoisotopic (exact) mass is 468 g/mol. The van der Waals surface area contributed by atoms with Crippen molar-refractivity contribution in [3.8, 4) is 0 Å². The molecule has 0 bridgehead atoms. The van der Waals surface area contributed by atoms with Crippen molar-refractivity contribution in [2.24, 2.45) is 5.92 Å². The summed E-state index contributed by atoms with van der Waals surface area (Å²) in [6.45, 7) is 6.81. The van der Waals surface area contributed by atoms with Crippen LogP contribution in [0.5, 0.6) is 0 Å². The van der Waals surface area contributed by atoms with E-state index in [4.69, 9.17) is 14.1 Å². The number of methoxy groups -OCH3 is 1. The van der Waals surface area contributed by atoms with Crippen molar-refractivity contribution in [3.63, 3.8) is 0 Å². The molecule has 2 aromatic rings. The Bertz CT molecular complexity index is 971. The van der Waals surface area contributed by atoms with E-state index in [0.717, 1.165) is 38.0 Å². The Morgan fingerprint density at radius 3 is 2.76 bits per heavy atom. The normalized spacial score (nSPS) is 26.8. The fraction of sp³-hybridized carbons (Fsp3) is 0.680. The first-order chi connectivity index (χ1) is 16.5. The molecule has 2 saturated carbocycles. The fourth-order valence-electron chi connectivity index (χ4n) is 5.18. The maximum atomic E-state index is 13.6. The molecule has 5 rings (SSSR count). The number of aromatic nitrogens is 3. The van der Waals surface area contributed by atoms with E-state index < -0.39 is 0 Å². The number of rotatable bonds is 9. The number of piperidine rings is 1. The zero-order chi connectivity index (χ0) is 23.7. The fourth-order valence-corrected chi connectivity index (χ4v) is 5.18. The third-order valence-corrected chi connectivity index (χ3v) is 7.28. The number of hydrogen-bond acceptors (Lipinski definition) is 8. The highest BCUT2D eigenvalue weighted by Gasteiger charge is 2.37. The topological polar surface area (TPSA) is 105 Å². The molecule has 9 nitrogen and oxygen atoms in total. The summed E-state index contributed by atoms with van der Waals surface area (Å²) >= 11 is 0. The molecule has 0 unspecified atom stereocenters. The number of hydrogen-bond donors (Lipinski definition) is 2. The van der Waals surface area contributed by atoms with Crippen LogP contribution in [0.15, 0.2) is 23.1 Å². The van der Waals surface area contributed by atoms with Gasteiger partial charge in [-0.05, 0) is 55.6 Å². The highest BCUT2D eigenvalue weighted by Crippen LogP contribution is 2.42. The van der Waals surface area contributed by atoms with Gasteiger partial charge in [0.1, 0.15) is 0 Å². The van der Waals surface area contributed by atoms with E-state index in [0.29, 0.717) is 42.1 Å². The van der Waals surface area contributed by atoms with Crippen molar-refractivity contribution >= 4 is 11.6 Å². The number of amides is 1. The number of pyridine rings is 1. The maximum absolute atomic E-state index is 13.6. The lowest BCUT2D eigenvalue weighted by Gasteiger charge is -2.44. The van der Waals surface area contributed by atoms with Crippen molar-refractivity contribution < 1.29 is 13.9 Å². The average Bonchev–Trinajstić information content (AvgIpc) is 3.50. The lowest BCUT2D eigenvalue weighted by molar-refractivity contribution is 0.0248. The summed E-state index contributed by atoms with van der Waals surface area (Å²) in [4.78, 5) is 20.7. The Kier molecular flexibility index (Phi) is 6.83. The molecule has 0 radical (unpaired) electrons. The largest absolute Gasteiger partial charge is 0.428 e. The summed E-state index contributed by atoms with van der Waals surface area (Å²) < 4.78 is 11.0. The van der Waals surface area contributed by atoms with E-state index in [-0.39, 0.29) is 17.9 Å². The molecule has 2 aliphatic carbocycles. The molecule has 34 heavy (non-hydrogen) atoms. The van der Waals surface area contributed by atoms with Gasteiger partial charge in [-0.15, -0.1) is 10.2 Å². The Morgan fingerprint density at radius 1 is 1.26 bits per heavy atom. The Labute approximate surface area is 201 Å². The highest BCUT2D eigenvalue weighted by molar-refractivity contribution is 5.98. The number of carbonyl (C=O) groups is 1. The van der Waals surface area contributed by atoms with Gasteiger partial charge in [-0.3, -0.25) is 4.79 Å². The summed E-state index contributed by atoms with van der Waals surface area (Å²) in [5.41, 5.74) is 2.73. The minimum atomic E-state index is -0.119. The van der Waals surface area contributed by atoms with Gasteiger partial charge in [0.25, 0.3) is 5.91 Å². The SMILES string of the molecule is COC1CC(N(CC(C)C)c2cc(C3CC3)cnc2C(=O)N[C@@H]2CNC[C@H](c3nnco3)C2)C1. The van der Waals surface area contributed by atoms with Gasteiger partial charge in [0.05, 0.1) is 17.7 Å². The van der Waals surface area contributed by atoms with Gasteiger partial charge in [-0.2, -0.15) is 0 Å². The minimum absolute atomic E-state index is 0.0315. The van der Waals surface area contributed by atoms with Gasteiger partial charge < -0.3 is 24.7 Å². The van der Waals surface area contributed by atoms with Crippen molar-refractivity contribution in [2.45, 2.75) is 76.0 Å². The summed E-state index contributed by atoms with van der Waals surface area (Å²) in [5, 5.41) is 14.5. The molecule has 9 heteroatoms. The molecular formula is C25H36N6O3. The van der Waals surface area contributed by atoms with E-state index in [9.17, 15) is 4.79 Å². The molecule has 184 valence electrons. The van der Waals surface area contributed by atoms with Gasteiger partial charge in [-0.25, -0.2) is 4.98 Å². The quantitative estimate of drug-likeness (QED) is 0.579. The highest BCUT2D eigenvalue weighted by atomic mass is 16.5. The van der Waals surface area contributed by atoms with Crippen molar-refractivity contribution in [2.75, 3.05) is 31.6 Å². The van der Waals surface area contributed by atoms with Gasteiger partial charge in [0.15, 0.2) is 5.69 Å². The standard InChI is InChI=1S/C25H36N6O3/c1-15(2)13-31(20-8-21(9-20)33-3)22-7-17(16-4-5-16)11-27-23(22)24(32)29-19-6-18(10-26-12-19)25-30-28-14-34-25/h7,11,14-16,18-21,26H,4-6,8-10,12-13H2,1-3H3,(H,29,32)/t18-,19+,20?,21?/m1/s1. The Morgan fingerprint density at radius 2 is 2.09 bits per heavy atom. The van der Waals surface area contributed by atoms with Crippen LogP contribution in [0.3, 0.4) is 0 Å². The molecule has 2 atom stereocenters. The molecule has 3 heterocycles. The van der Waals surface area contributed by atoms with E-state index in [1.54, 1.807) is 7.11 Å². The van der Waals surface area contributed by atoms with Crippen LogP contribution < -0.4 is 15.5 Å². The first-order valence-corrected chi connectivity index (χ1v) is 12.6. The van der Waals surface area contributed by atoms with Crippen molar-refractivity contribution in [1.82, 2.24) is 25.8 Å². The second-order valence-electron chi connectivity index (χ2n) is 10.5. The second kappa shape index (κ2) is 10.00. The molecule has 0 spiro atoms. The molecular weight excluding hydrogens is 432 g/mol. The molecule has 2 aromatic heterocycles. The van der Waals surface area contributed by atoms with Crippen molar-refractivity contribution in [3.05, 3.63) is 35.8 Å². The van der Waals surface area contributed by atoms with E-state index in [2.05, 4.69) is 45.6 Å². The number of ether oxygens (including phenoxy) is 1. The van der Waals surface area contributed by atoms with Crippen LogP contribution in [-0.4, -0.2) is 66.0 Å². The number of carbonyl (C=O) groups excluding carboxylic acids is 1. The number of anilines is 1. The summed E-state index contributed by atoms with van der Waals surface area (Å²) in [5.74, 6) is 1.63. The molecule has 3 fully saturated rings. The van der Waals surface area contributed by atoms with Crippen LogP contribution in [0.1, 0.15) is 79.7 Å². The lowest BCUT2D eigenvalue weighted by atomic mass is 9.86. The lowest BCUT2D eigenvalue weighted by Crippen LogP contribution is -2.51.